The van der Waals surface area contributed by atoms with Gasteiger partial charge >= 0.3 is 0 Å². The molecule has 0 aliphatic heterocycles. The molecule has 1 aliphatic carbocycles. The van der Waals surface area contributed by atoms with Crippen molar-refractivity contribution in [2.45, 2.75) is 38.8 Å². The summed E-state index contributed by atoms with van der Waals surface area (Å²) in [5.74, 6) is 1.03. The Kier molecular flexibility index (Phi) is 4.38. The van der Waals surface area contributed by atoms with E-state index in [1.165, 1.54) is 28.8 Å². The summed E-state index contributed by atoms with van der Waals surface area (Å²) in [6.45, 7) is 3.80. The van der Waals surface area contributed by atoms with Crippen LogP contribution in [-0.4, -0.2) is 12.6 Å². The Balaban J connectivity index is 1.58. The zero-order chi connectivity index (χ0) is 13.8. The molecule has 106 valence electrons. The third kappa shape index (κ3) is 3.84. The smallest absolute Gasteiger partial charge is 0.123 e. The van der Waals surface area contributed by atoms with E-state index in [1.54, 1.807) is 11.3 Å². The van der Waals surface area contributed by atoms with Gasteiger partial charge in [-0.1, -0.05) is 23.8 Å². The van der Waals surface area contributed by atoms with Crippen molar-refractivity contribution in [1.82, 2.24) is 5.32 Å². The first-order valence-corrected chi connectivity index (χ1v) is 8.17. The molecule has 2 nitrogen and oxygen atoms in total. The number of thiophene rings is 1. The van der Waals surface area contributed by atoms with Crippen LogP contribution in [-0.2, 0) is 13.0 Å². The van der Waals surface area contributed by atoms with Crippen LogP contribution in [0.25, 0.3) is 0 Å². The number of aryl methyl sites for hydroxylation is 1. The van der Waals surface area contributed by atoms with E-state index in [4.69, 9.17) is 4.74 Å². The van der Waals surface area contributed by atoms with Crippen LogP contribution in [0, 0.1) is 6.92 Å². The lowest BCUT2D eigenvalue weighted by Crippen LogP contribution is -2.16. The highest BCUT2D eigenvalue weighted by molar-refractivity contribution is 7.09. The third-order valence-electron chi connectivity index (χ3n) is 3.56. The zero-order valence-corrected chi connectivity index (χ0v) is 12.7. The van der Waals surface area contributed by atoms with Crippen LogP contribution in [0.3, 0.4) is 0 Å². The number of benzene rings is 1. The molecule has 1 heterocycles. The van der Waals surface area contributed by atoms with Crippen molar-refractivity contribution in [2.24, 2.45) is 0 Å². The van der Waals surface area contributed by atoms with E-state index in [9.17, 15) is 0 Å². The topological polar surface area (TPSA) is 21.3 Å². The van der Waals surface area contributed by atoms with E-state index in [-0.39, 0.29) is 0 Å². The zero-order valence-electron chi connectivity index (χ0n) is 11.9. The van der Waals surface area contributed by atoms with Gasteiger partial charge in [0.1, 0.15) is 5.75 Å². The van der Waals surface area contributed by atoms with E-state index in [2.05, 4.69) is 48.0 Å². The van der Waals surface area contributed by atoms with Gasteiger partial charge in [-0.25, -0.2) is 0 Å². The second-order valence-corrected chi connectivity index (χ2v) is 6.48. The molecule has 20 heavy (non-hydrogen) atoms. The fourth-order valence-electron chi connectivity index (χ4n) is 2.25. The van der Waals surface area contributed by atoms with Gasteiger partial charge in [-0.2, -0.15) is 0 Å². The summed E-state index contributed by atoms with van der Waals surface area (Å²) in [5, 5.41) is 5.68. The second-order valence-electron chi connectivity index (χ2n) is 5.44. The highest BCUT2D eigenvalue weighted by Gasteiger charge is 2.20. The predicted molar refractivity (Wildman–Crippen MR) is 84.6 cm³/mol. The molecule has 0 spiro atoms. The van der Waals surface area contributed by atoms with Crippen molar-refractivity contribution in [3.8, 4) is 5.75 Å². The van der Waals surface area contributed by atoms with E-state index >= 15 is 0 Å². The summed E-state index contributed by atoms with van der Waals surface area (Å²) in [7, 11) is 0. The monoisotopic (exact) mass is 287 g/mol. The van der Waals surface area contributed by atoms with Gasteiger partial charge < -0.3 is 10.1 Å². The lowest BCUT2D eigenvalue weighted by atomic mass is 10.1. The molecule has 1 aromatic heterocycles. The minimum Gasteiger partial charge on any atom is -0.493 e. The van der Waals surface area contributed by atoms with Crippen molar-refractivity contribution in [3.05, 3.63) is 51.7 Å². The maximum absolute atomic E-state index is 5.98. The van der Waals surface area contributed by atoms with Crippen LogP contribution in [0.1, 0.15) is 28.8 Å². The number of hydrogen-bond acceptors (Lipinski definition) is 3. The number of rotatable bonds is 7. The molecular weight excluding hydrogens is 266 g/mol. The molecule has 0 bridgehead atoms. The Morgan fingerprint density at radius 3 is 2.95 bits per heavy atom. The molecule has 1 aliphatic rings. The molecule has 2 aromatic rings. The van der Waals surface area contributed by atoms with Crippen LogP contribution in [0.5, 0.6) is 5.75 Å². The van der Waals surface area contributed by atoms with Gasteiger partial charge in [-0.15, -0.1) is 11.3 Å². The van der Waals surface area contributed by atoms with Crippen LogP contribution in [0.2, 0.25) is 0 Å². The van der Waals surface area contributed by atoms with Gasteiger partial charge in [0.2, 0.25) is 0 Å². The average Bonchev–Trinajstić information content (AvgIpc) is 3.13. The van der Waals surface area contributed by atoms with Gasteiger partial charge in [0.05, 0.1) is 6.61 Å². The normalized spacial score (nSPS) is 14.4. The van der Waals surface area contributed by atoms with Crippen molar-refractivity contribution < 1.29 is 4.74 Å². The molecule has 1 fully saturated rings. The second kappa shape index (κ2) is 6.42. The van der Waals surface area contributed by atoms with Crippen LogP contribution in [0.15, 0.2) is 35.7 Å². The SMILES string of the molecule is Cc1ccc(OCCc2cccs2)c(CNC2CC2)c1. The summed E-state index contributed by atoms with van der Waals surface area (Å²) in [5.41, 5.74) is 2.58. The maximum atomic E-state index is 5.98. The standard InChI is InChI=1S/C17H21NOS/c1-13-4-7-17(14(11-13)12-18-15-5-6-15)19-9-8-16-3-2-10-20-16/h2-4,7,10-11,15,18H,5-6,8-9,12H2,1H3. The molecule has 1 aromatic carbocycles. The molecule has 0 radical (unpaired) electrons. The lowest BCUT2D eigenvalue weighted by Gasteiger charge is -2.13. The minimum atomic E-state index is 0.731. The summed E-state index contributed by atoms with van der Waals surface area (Å²) in [6.07, 6.45) is 3.63. The fraction of sp³-hybridized carbons (Fsp3) is 0.412. The Morgan fingerprint density at radius 2 is 2.20 bits per heavy atom. The minimum absolute atomic E-state index is 0.731. The van der Waals surface area contributed by atoms with Crippen molar-refractivity contribution in [2.75, 3.05) is 6.61 Å². The third-order valence-corrected chi connectivity index (χ3v) is 4.50. The highest BCUT2D eigenvalue weighted by Crippen LogP contribution is 2.24. The molecular formula is C17H21NOS. The van der Waals surface area contributed by atoms with Gasteiger partial charge in [-0.3, -0.25) is 0 Å². The number of hydrogen-bond donors (Lipinski definition) is 1. The van der Waals surface area contributed by atoms with E-state index in [0.29, 0.717) is 0 Å². The van der Waals surface area contributed by atoms with Crippen molar-refractivity contribution >= 4 is 11.3 Å². The van der Waals surface area contributed by atoms with Crippen LogP contribution >= 0.6 is 11.3 Å². The largest absolute Gasteiger partial charge is 0.493 e. The molecule has 0 atom stereocenters. The van der Waals surface area contributed by atoms with Crippen LogP contribution in [0.4, 0.5) is 0 Å². The molecule has 3 rings (SSSR count). The van der Waals surface area contributed by atoms with Gasteiger partial charge in [-0.05, 0) is 37.3 Å². The molecule has 0 amide bonds. The van der Waals surface area contributed by atoms with E-state index in [1.807, 2.05) is 0 Å². The highest BCUT2D eigenvalue weighted by atomic mass is 32.1. The predicted octanol–water partition coefficient (Wildman–Crippen LogP) is 3.93. The Bertz CT molecular complexity index is 546. The maximum Gasteiger partial charge on any atom is 0.123 e. The lowest BCUT2D eigenvalue weighted by molar-refractivity contribution is 0.318. The first kappa shape index (κ1) is 13.7. The number of nitrogens with one attached hydrogen (secondary N) is 1. The average molecular weight is 287 g/mol. The Labute approximate surface area is 124 Å². The molecule has 0 saturated heterocycles. The molecule has 3 heteroatoms. The Hall–Kier alpha value is -1.32. The molecule has 1 N–H and O–H groups in total. The Morgan fingerprint density at radius 1 is 1.30 bits per heavy atom. The van der Waals surface area contributed by atoms with Gasteiger partial charge in [0, 0.05) is 29.4 Å². The van der Waals surface area contributed by atoms with Gasteiger partial charge in [0.15, 0.2) is 0 Å². The quantitative estimate of drug-likeness (QED) is 0.833. The molecule has 0 unspecified atom stereocenters. The van der Waals surface area contributed by atoms with Crippen LogP contribution < -0.4 is 10.1 Å². The number of ether oxygens (including phenoxy) is 1. The summed E-state index contributed by atoms with van der Waals surface area (Å²) in [4.78, 5) is 1.38. The van der Waals surface area contributed by atoms with Gasteiger partial charge in [0.25, 0.3) is 0 Å². The first-order chi connectivity index (χ1) is 9.81. The molecule has 1 saturated carbocycles. The summed E-state index contributed by atoms with van der Waals surface area (Å²) >= 11 is 1.79. The summed E-state index contributed by atoms with van der Waals surface area (Å²) < 4.78 is 5.98. The van der Waals surface area contributed by atoms with Crippen molar-refractivity contribution in [3.63, 3.8) is 0 Å². The van der Waals surface area contributed by atoms with E-state index < -0.39 is 0 Å². The summed E-state index contributed by atoms with van der Waals surface area (Å²) in [6, 6.07) is 11.5. The first-order valence-electron chi connectivity index (χ1n) is 7.29. The van der Waals surface area contributed by atoms with Crippen molar-refractivity contribution in [1.29, 1.82) is 0 Å². The fourth-order valence-corrected chi connectivity index (χ4v) is 2.94. The van der Waals surface area contributed by atoms with E-state index in [0.717, 1.165) is 31.4 Å².